The minimum atomic E-state index is -0.299. The highest BCUT2D eigenvalue weighted by molar-refractivity contribution is 6.31. The molecule has 2 aromatic carbocycles. The summed E-state index contributed by atoms with van der Waals surface area (Å²) in [6, 6.07) is 14.8. The largest absolute Gasteiger partial charge is 0.488 e. The van der Waals surface area contributed by atoms with Gasteiger partial charge in [-0.05, 0) is 36.6 Å². The highest BCUT2D eigenvalue weighted by Crippen LogP contribution is 2.27. The highest BCUT2D eigenvalue weighted by Gasteiger charge is 2.28. The van der Waals surface area contributed by atoms with Gasteiger partial charge < -0.3 is 15.4 Å². The van der Waals surface area contributed by atoms with E-state index in [-0.39, 0.29) is 17.7 Å². The number of ether oxygens (including phenoxy) is 1. The number of halogens is 1. The molecule has 0 saturated carbocycles. The molecule has 0 radical (unpaired) electrons. The quantitative estimate of drug-likeness (QED) is 0.875. The number of amides is 2. The molecule has 2 aromatic rings. The summed E-state index contributed by atoms with van der Waals surface area (Å²) in [6.07, 6.45) is 1.17. The predicted octanol–water partition coefficient (Wildman–Crippen LogP) is 3.26. The van der Waals surface area contributed by atoms with E-state index in [1.54, 1.807) is 23.1 Å². The zero-order valence-corrected chi connectivity index (χ0v) is 15.1. The number of piperidine rings is 1. The van der Waals surface area contributed by atoms with E-state index in [4.69, 9.17) is 22.1 Å². The number of carbonyl (C=O) groups is 2. The average Bonchev–Trinajstić information content (AvgIpc) is 2.67. The van der Waals surface area contributed by atoms with Crippen molar-refractivity contribution in [1.29, 1.82) is 0 Å². The lowest BCUT2D eigenvalue weighted by Gasteiger charge is -2.31. The van der Waals surface area contributed by atoms with E-state index in [9.17, 15) is 9.59 Å². The van der Waals surface area contributed by atoms with Crippen LogP contribution in [0.4, 0.5) is 0 Å². The minimum Gasteiger partial charge on any atom is -0.488 e. The molecule has 1 fully saturated rings. The van der Waals surface area contributed by atoms with Gasteiger partial charge in [-0.15, -0.1) is 0 Å². The van der Waals surface area contributed by atoms with Crippen LogP contribution in [0, 0.1) is 5.92 Å². The van der Waals surface area contributed by atoms with Gasteiger partial charge in [0.25, 0.3) is 5.91 Å². The first-order chi connectivity index (χ1) is 12.5. The molecule has 1 saturated heterocycles. The molecular weight excluding hydrogens is 352 g/mol. The normalized spacial score (nSPS) is 14.9. The van der Waals surface area contributed by atoms with Crippen LogP contribution in [0.15, 0.2) is 48.5 Å². The molecule has 0 aliphatic carbocycles. The first kappa shape index (κ1) is 18.3. The zero-order chi connectivity index (χ0) is 18.5. The summed E-state index contributed by atoms with van der Waals surface area (Å²) in [5.41, 5.74) is 6.81. The van der Waals surface area contributed by atoms with Gasteiger partial charge in [0.05, 0.1) is 5.56 Å². The smallest absolute Gasteiger partial charge is 0.257 e. The summed E-state index contributed by atoms with van der Waals surface area (Å²) in [6.45, 7) is 1.36. The number of carbonyl (C=O) groups excluding carboxylic acids is 2. The summed E-state index contributed by atoms with van der Waals surface area (Å²) in [5.74, 6) is -0.0993. The van der Waals surface area contributed by atoms with Crippen LogP contribution < -0.4 is 10.5 Å². The molecule has 2 amide bonds. The summed E-state index contributed by atoms with van der Waals surface area (Å²) >= 11 is 6.09. The summed E-state index contributed by atoms with van der Waals surface area (Å²) in [7, 11) is 0. The molecule has 0 spiro atoms. The van der Waals surface area contributed by atoms with Crippen molar-refractivity contribution in [2.75, 3.05) is 13.1 Å². The van der Waals surface area contributed by atoms with Crippen LogP contribution in [0.25, 0.3) is 0 Å². The maximum Gasteiger partial charge on any atom is 0.257 e. The molecule has 6 heteroatoms. The third-order valence-electron chi connectivity index (χ3n) is 4.59. The van der Waals surface area contributed by atoms with Crippen LogP contribution in [-0.4, -0.2) is 29.8 Å². The van der Waals surface area contributed by atoms with Gasteiger partial charge in [0.2, 0.25) is 5.91 Å². The number of hydrogen-bond donors (Lipinski definition) is 1. The Kier molecular flexibility index (Phi) is 5.78. The fourth-order valence-electron chi connectivity index (χ4n) is 3.07. The number of rotatable bonds is 5. The molecule has 26 heavy (non-hydrogen) atoms. The van der Waals surface area contributed by atoms with Crippen molar-refractivity contribution < 1.29 is 14.3 Å². The Hall–Kier alpha value is -2.53. The predicted molar refractivity (Wildman–Crippen MR) is 100 cm³/mol. The standard InChI is InChI=1S/C20H21ClN2O3/c21-16-6-7-18(26-13-14-4-2-1-3-5-14)17(12-16)20(25)23-10-8-15(9-11-23)19(22)24/h1-7,12,15H,8-11,13H2,(H2,22,24). The van der Waals surface area contributed by atoms with Crippen LogP contribution in [0.2, 0.25) is 5.02 Å². The molecule has 3 rings (SSSR count). The second kappa shape index (κ2) is 8.23. The number of nitrogens with zero attached hydrogens (tertiary/aromatic N) is 1. The van der Waals surface area contributed by atoms with Crippen LogP contribution in [0.3, 0.4) is 0 Å². The molecule has 1 aliphatic rings. The fourth-order valence-corrected chi connectivity index (χ4v) is 3.24. The number of primary amides is 1. The van der Waals surface area contributed by atoms with Gasteiger partial charge in [0, 0.05) is 24.0 Å². The monoisotopic (exact) mass is 372 g/mol. The van der Waals surface area contributed by atoms with Crippen molar-refractivity contribution in [3.63, 3.8) is 0 Å². The third-order valence-corrected chi connectivity index (χ3v) is 4.83. The Morgan fingerprint density at radius 1 is 1.12 bits per heavy atom. The van der Waals surface area contributed by atoms with Gasteiger partial charge in [-0.25, -0.2) is 0 Å². The minimum absolute atomic E-state index is 0.140. The van der Waals surface area contributed by atoms with Crippen molar-refractivity contribution in [1.82, 2.24) is 4.90 Å². The number of hydrogen-bond acceptors (Lipinski definition) is 3. The molecule has 0 unspecified atom stereocenters. The Bertz CT molecular complexity index is 787. The van der Waals surface area contributed by atoms with Gasteiger partial charge in [-0.2, -0.15) is 0 Å². The van der Waals surface area contributed by atoms with Gasteiger partial charge in [-0.3, -0.25) is 9.59 Å². The highest BCUT2D eigenvalue weighted by atomic mass is 35.5. The van der Waals surface area contributed by atoms with E-state index >= 15 is 0 Å². The summed E-state index contributed by atoms with van der Waals surface area (Å²) in [5, 5.41) is 0.479. The summed E-state index contributed by atoms with van der Waals surface area (Å²) < 4.78 is 5.87. The lowest BCUT2D eigenvalue weighted by Crippen LogP contribution is -2.41. The first-order valence-electron chi connectivity index (χ1n) is 8.59. The average molecular weight is 373 g/mol. The van der Waals surface area contributed by atoms with Crippen LogP contribution >= 0.6 is 11.6 Å². The maximum atomic E-state index is 12.9. The lowest BCUT2D eigenvalue weighted by atomic mass is 9.96. The van der Waals surface area contributed by atoms with E-state index in [0.29, 0.717) is 48.9 Å². The Labute approximate surface area is 157 Å². The summed E-state index contributed by atoms with van der Waals surface area (Å²) in [4.78, 5) is 26.0. The van der Waals surface area contributed by atoms with Crippen LogP contribution in [0.1, 0.15) is 28.8 Å². The SMILES string of the molecule is NC(=O)C1CCN(C(=O)c2cc(Cl)ccc2OCc2ccccc2)CC1. The Morgan fingerprint density at radius 2 is 1.81 bits per heavy atom. The molecule has 136 valence electrons. The molecular formula is C20H21ClN2O3. The van der Waals surface area contributed by atoms with Crippen molar-refractivity contribution in [2.24, 2.45) is 11.7 Å². The molecule has 0 aromatic heterocycles. The second-order valence-electron chi connectivity index (χ2n) is 6.38. The van der Waals surface area contributed by atoms with Crippen LogP contribution in [-0.2, 0) is 11.4 Å². The fraction of sp³-hybridized carbons (Fsp3) is 0.300. The molecule has 2 N–H and O–H groups in total. The topological polar surface area (TPSA) is 72.6 Å². The van der Waals surface area contributed by atoms with Gasteiger partial charge >= 0.3 is 0 Å². The van der Waals surface area contributed by atoms with E-state index in [0.717, 1.165) is 5.56 Å². The van der Waals surface area contributed by atoms with Gasteiger partial charge in [0.15, 0.2) is 0 Å². The first-order valence-corrected chi connectivity index (χ1v) is 8.97. The van der Waals surface area contributed by atoms with Crippen molar-refractivity contribution in [3.05, 3.63) is 64.7 Å². The second-order valence-corrected chi connectivity index (χ2v) is 6.82. The molecule has 0 bridgehead atoms. The number of nitrogens with two attached hydrogens (primary N) is 1. The van der Waals surface area contributed by atoms with Crippen LogP contribution in [0.5, 0.6) is 5.75 Å². The number of likely N-dealkylation sites (tertiary alicyclic amines) is 1. The lowest BCUT2D eigenvalue weighted by molar-refractivity contribution is -0.123. The molecule has 0 atom stereocenters. The molecule has 1 heterocycles. The van der Waals surface area contributed by atoms with E-state index in [1.807, 2.05) is 30.3 Å². The van der Waals surface area contributed by atoms with Gasteiger partial charge in [0.1, 0.15) is 12.4 Å². The van der Waals surface area contributed by atoms with E-state index in [2.05, 4.69) is 0 Å². The van der Waals surface area contributed by atoms with E-state index < -0.39 is 0 Å². The van der Waals surface area contributed by atoms with Crippen molar-refractivity contribution >= 4 is 23.4 Å². The zero-order valence-electron chi connectivity index (χ0n) is 14.4. The Morgan fingerprint density at radius 3 is 2.46 bits per heavy atom. The molecule has 5 nitrogen and oxygen atoms in total. The van der Waals surface area contributed by atoms with Crippen molar-refractivity contribution in [2.45, 2.75) is 19.4 Å². The molecule has 1 aliphatic heterocycles. The van der Waals surface area contributed by atoms with E-state index in [1.165, 1.54) is 0 Å². The maximum absolute atomic E-state index is 12.9. The third kappa shape index (κ3) is 4.35. The van der Waals surface area contributed by atoms with Crippen molar-refractivity contribution in [3.8, 4) is 5.75 Å². The van der Waals surface area contributed by atoms with Gasteiger partial charge in [-0.1, -0.05) is 41.9 Å². The number of benzene rings is 2. The Balaban J connectivity index is 1.73.